The van der Waals surface area contributed by atoms with E-state index in [1.54, 1.807) is 36.4 Å². The van der Waals surface area contributed by atoms with E-state index in [0.29, 0.717) is 28.0 Å². The Morgan fingerprint density at radius 3 is 2.50 bits per heavy atom. The summed E-state index contributed by atoms with van der Waals surface area (Å²) >= 11 is 12.0. The number of carbonyl (C=O) groups excluding carboxylic acids is 2. The van der Waals surface area contributed by atoms with Gasteiger partial charge in [0.1, 0.15) is 5.75 Å². The van der Waals surface area contributed by atoms with Crippen LogP contribution < -0.4 is 20.7 Å². The number of ether oxygens (including phenoxy) is 1. The van der Waals surface area contributed by atoms with Crippen LogP contribution in [0, 0.1) is 0 Å². The fourth-order valence-electron chi connectivity index (χ4n) is 2.46. The van der Waals surface area contributed by atoms with Crippen molar-refractivity contribution >= 4 is 40.8 Å². The second-order valence-electron chi connectivity index (χ2n) is 6.60. The van der Waals surface area contributed by atoms with Crippen LogP contribution in [0.15, 0.2) is 42.5 Å². The first-order chi connectivity index (χ1) is 13.2. The van der Waals surface area contributed by atoms with E-state index in [1.807, 2.05) is 26.8 Å². The summed E-state index contributed by atoms with van der Waals surface area (Å²) in [5.74, 6) is 0.273. The molecule has 0 unspecified atom stereocenters. The molecule has 0 bridgehead atoms. The number of urea groups is 1. The van der Waals surface area contributed by atoms with Gasteiger partial charge < -0.3 is 20.7 Å². The van der Waals surface area contributed by atoms with Crippen molar-refractivity contribution < 1.29 is 14.3 Å². The second-order valence-corrected chi connectivity index (χ2v) is 7.42. The predicted octanol–water partition coefficient (Wildman–Crippen LogP) is 4.57. The van der Waals surface area contributed by atoms with Crippen LogP contribution in [-0.4, -0.2) is 25.1 Å². The third kappa shape index (κ3) is 6.32. The van der Waals surface area contributed by atoms with Gasteiger partial charge in [-0.25, -0.2) is 4.79 Å². The van der Waals surface area contributed by atoms with Gasteiger partial charge in [-0.15, -0.1) is 0 Å². The van der Waals surface area contributed by atoms with E-state index in [-0.39, 0.29) is 12.5 Å². The van der Waals surface area contributed by atoms with Gasteiger partial charge in [-0.05, 0) is 50.6 Å². The molecule has 28 heavy (non-hydrogen) atoms. The fraction of sp³-hybridized carbons (Fsp3) is 0.300. The highest BCUT2D eigenvalue weighted by Gasteiger charge is 2.23. The summed E-state index contributed by atoms with van der Waals surface area (Å²) in [6, 6.07) is 11.6. The number of likely N-dealkylation sites (N-methyl/N-ethyl adjacent to an activating group) is 1. The Bertz CT molecular complexity index is 856. The van der Waals surface area contributed by atoms with Crippen molar-refractivity contribution in [3.8, 4) is 5.75 Å². The van der Waals surface area contributed by atoms with Crippen LogP contribution >= 0.6 is 23.2 Å². The summed E-state index contributed by atoms with van der Waals surface area (Å²) in [6.07, 6.45) is 0. The molecule has 0 saturated carbocycles. The van der Waals surface area contributed by atoms with Crippen LogP contribution in [0.3, 0.4) is 0 Å². The minimum absolute atomic E-state index is 0.0894. The van der Waals surface area contributed by atoms with Crippen LogP contribution in [0.2, 0.25) is 10.0 Å². The summed E-state index contributed by atoms with van der Waals surface area (Å²) in [7, 11) is 0. The first kappa shape index (κ1) is 21.9. The Morgan fingerprint density at radius 1 is 1.07 bits per heavy atom. The largest absolute Gasteiger partial charge is 0.484 e. The van der Waals surface area contributed by atoms with Crippen LogP contribution in [0.5, 0.6) is 5.75 Å². The molecule has 0 spiro atoms. The molecule has 150 valence electrons. The van der Waals surface area contributed by atoms with Crippen molar-refractivity contribution in [3.05, 3.63) is 58.1 Å². The summed E-state index contributed by atoms with van der Waals surface area (Å²) in [4.78, 5) is 23.9. The zero-order chi connectivity index (χ0) is 20.7. The van der Waals surface area contributed by atoms with Crippen LogP contribution in [-0.2, 0) is 10.3 Å². The highest BCUT2D eigenvalue weighted by atomic mass is 35.5. The van der Waals surface area contributed by atoms with Gasteiger partial charge in [-0.2, -0.15) is 0 Å². The quantitative estimate of drug-likeness (QED) is 0.610. The smallest absolute Gasteiger partial charge is 0.319 e. The normalized spacial score (nSPS) is 10.9. The average molecular weight is 424 g/mol. The molecule has 0 heterocycles. The SMILES string of the molecule is CCNC(=O)COc1cccc(NC(=O)NC(C)(C)c2ccc(Cl)c(Cl)c2)c1. The third-order valence-electron chi connectivity index (χ3n) is 3.90. The van der Waals surface area contributed by atoms with Gasteiger partial charge in [0.05, 0.1) is 15.6 Å². The molecular weight excluding hydrogens is 401 g/mol. The number of carbonyl (C=O) groups is 2. The van der Waals surface area contributed by atoms with E-state index in [1.165, 1.54) is 0 Å². The van der Waals surface area contributed by atoms with Gasteiger partial charge in [0.15, 0.2) is 6.61 Å². The lowest BCUT2D eigenvalue weighted by Gasteiger charge is -2.27. The number of benzene rings is 2. The lowest BCUT2D eigenvalue weighted by atomic mass is 9.94. The molecule has 8 heteroatoms. The predicted molar refractivity (Wildman–Crippen MR) is 112 cm³/mol. The van der Waals surface area contributed by atoms with E-state index >= 15 is 0 Å². The van der Waals surface area contributed by atoms with Crippen molar-refractivity contribution in [1.82, 2.24) is 10.6 Å². The molecule has 0 fully saturated rings. The molecule has 2 rings (SSSR count). The van der Waals surface area contributed by atoms with Crippen LogP contribution in [0.25, 0.3) is 0 Å². The molecule has 0 aliphatic rings. The number of hydrogen-bond donors (Lipinski definition) is 3. The maximum Gasteiger partial charge on any atom is 0.319 e. The summed E-state index contributed by atoms with van der Waals surface area (Å²) in [5, 5.41) is 9.18. The zero-order valence-corrected chi connectivity index (χ0v) is 17.4. The Morgan fingerprint density at radius 2 is 1.82 bits per heavy atom. The van der Waals surface area contributed by atoms with Gasteiger partial charge in [0.25, 0.3) is 5.91 Å². The number of anilines is 1. The van der Waals surface area contributed by atoms with E-state index in [0.717, 1.165) is 5.56 Å². The fourth-order valence-corrected chi connectivity index (χ4v) is 2.76. The topological polar surface area (TPSA) is 79.5 Å². The highest BCUT2D eigenvalue weighted by molar-refractivity contribution is 6.42. The number of halogens is 2. The van der Waals surface area contributed by atoms with Gasteiger partial charge >= 0.3 is 6.03 Å². The highest BCUT2D eigenvalue weighted by Crippen LogP contribution is 2.28. The van der Waals surface area contributed by atoms with E-state index in [2.05, 4.69) is 16.0 Å². The Kier molecular flexibility index (Phi) is 7.54. The molecule has 0 saturated heterocycles. The number of amides is 3. The molecule has 6 nitrogen and oxygen atoms in total. The van der Waals surface area contributed by atoms with Crippen molar-refractivity contribution in [1.29, 1.82) is 0 Å². The minimum Gasteiger partial charge on any atom is -0.484 e. The lowest BCUT2D eigenvalue weighted by molar-refractivity contribution is -0.122. The first-order valence-electron chi connectivity index (χ1n) is 8.75. The molecule has 2 aromatic rings. The van der Waals surface area contributed by atoms with E-state index < -0.39 is 11.6 Å². The van der Waals surface area contributed by atoms with E-state index in [4.69, 9.17) is 27.9 Å². The molecule has 3 amide bonds. The molecule has 2 aromatic carbocycles. The van der Waals surface area contributed by atoms with Crippen molar-refractivity contribution in [3.63, 3.8) is 0 Å². The van der Waals surface area contributed by atoms with Gasteiger partial charge in [0, 0.05) is 18.3 Å². The summed E-state index contributed by atoms with van der Waals surface area (Å²) in [6.45, 7) is 6.00. The summed E-state index contributed by atoms with van der Waals surface area (Å²) in [5.41, 5.74) is 0.678. The van der Waals surface area contributed by atoms with Crippen LogP contribution in [0.4, 0.5) is 10.5 Å². The molecule has 0 aliphatic carbocycles. The second kappa shape index (κ2) is 9.66. The minimum atomic E-state index is -0.676. The van der Waals surface area contributed by atoms with E-state index in [9.17, 15) is 9.59 Å². The monoisotopic (exact) mass is 423 g/mol. The Hall–Kier alpha value is -2.44. The van der Waals surface area contributed by atoms with Crippen molar-refractivity contribution in [2.75, 3.05) is 18.5 Å². The van der Waals surface area contributed by atoms with Crippen LogP contribution in [0.1, 0.15) is 26.3 Å². The Balaban J connectivity index is 1.99. The summed E-state index contributed by atoms with van der Waals surface area (Å²) < 4.78 is 5.43. The zero-order valence-electron chi connectivity index (χ0n) is 15.9. The standard InChI is InChI=1S/C20H23Cl2N3O3/c1-4-23-18(26)12-28-15-7-5-6-14(11-15)24-19(27)25-20(2,3)13-8-9-16(21)17(22)10-13/h5-11H,4,12H2,1-3H3,(H,23,26)(H2,24,25,27). The van der Waals surface area contributed by atoms with Gasteiger partial charge in [-0.3, -0.25) is 4.79 Å². The first-order valence-corrected chi connectivity index (χ1v) is 9.51. The van der Waals surface area contributed by atoms with Crippen molar-refractivity contribution in [2.24, 2.45) is 0 Å². The maximum absolute atomic E-state index is 12.4. The van der Waals surface area contributed by atoms with Gasteiger partial charge in [0.2, 0.25) is 0 Å². The van der Waals surface area contributed by atoms with Crippen molar-refractivity contribution in [2.45, 2.75) is 26.3 Å². The molecule has 0 aliphatic heterocycles. The Labute approximate surface area is 174 Å². The molecular formula is C20H23Cl2N3O3. The molecule has 0 radical (unpaired) electrons. The number of hydrogen-bond acceptors (Lipinski definition) is 3. The average Bonchev–Trinajstić information content (AvgIpc) is 2.62. The molecule has 0 aromatic heterocycles. The maximum atomic E-state index is 12.4. The number of nitrogens with one attached hydrogen (secondary N) is 3. The van der Waals surface area contributed by atoms with Gasteiger partial charge in [-0.1, -0.05) is 35.3 Å². The molecule has 0 atom stereocenters. The molecule has 3 N–H and O–H groups in total. The lowest BCUT2D eigenvalue weighted by Crippen LogP contribution is -2.43. The number of rotatable bonds is 7. The third-order valence-corrected chi connectivity index (χ3v) is 4.64.